The normalized spacial score (nSPS) is 19.1. The lowest BCUT2D eigenvalue weighted by Crippen LogP contribution is -2.20. The molecular formula is C10H7NO5. The van der Waals surface area contributed by atoms with Gasteiger partial charge in [-0.2, -0.15) is 5.48 Å². The van der Waals surface area contributed by atoms with E-state index in [1.54, 1.807) is 6.07 Å². The lowest BCUT2D eigenvalue weighted by atomic mass is 9.94. The maximum atomic E-state index is 11.3. The highest BCUT2D eigenvalue weighted by Crippen LogP contribution is 2.24. The van der Waals surface area contributed by atoms with E-state index in [-0.39, 0.29) is 11.1 Å². The summed E-state index contributed by atoms with van der Waals surface area (Å²) in [7, 11) is 0. The SMILES string of the molecule is O=C(O)c1ccccc1C1C(=O)NOC1=O. The molecule has 1 amide bonds. The maximum Gasteiger partial charge on any atom is 0.349 e. The molecule has 0 aliphatic carbocycles. The summed E-state index contributed by atoms with van der Waals surface area (Å²) in [5.74, 6) is -3.84. The van der Waals surface area contributed by atoms with Crippen LogP contribution in [0.1, 0.15) is 21.8 Å². The molecule has 0 spiro atoms. The highest BCUT2D eigenvalue weighted by Gasteiger charge is 2.39. The van der Waals surface area contributed by atoms with E-state index in [0.29, 0.717) is 0 Å². The van der Waals surface area contributed by atoms with Crippen molar-refractivity contribution in [2.45, 2.75) is 5.92 Å². The van der Waals surface area contributed by atoms with Crippen LogP contribution in [0.15, 0.2) is 24.3 Å². The van der Waals surface area contributed by atoms with Crippen molar-refractivity contribution >= 4 is 17.8 Å². The maximum absolute atomic E-state index is 11.3. The molecule has 1 aliphatic rings. The molecule has 0 aromatic heterocycles. The molecule has 6 heteroatoms. The predicted octanol–water partition coefficient (Wildman–Crippen LogP) is 0.0564. The lowest BCUT2D eigenvalue weighted by molar-refractivity contribution is -0.144. The summed E-state index contributed by atoms with van der Waals surface area (Å²) in [6, 6.07) is 5.82. The summed E-state index contributed by atoms with van der Waals surface area (Å²) in [4.78, 5) is 37.8. The first kappa shape index (κ1) is 10.2. The highest BCUT2D eigenvalue weighted by molar-refractivity contribution is 6.08. The van der Waals surface area contributed by atoms with Gasteiger partial charge in [-0.3, -0.25) is 4.79 Å². The second-order valence-electron chi connectivity index (χ2n) is 3.21. The first-order chi connectivity index (χ1) is 7.61. The van der Waals surface area contributed by atoms with Crippen molar-refractivity contribution in [1.82, 2.24) is 5.48 Å². The van der Waals surface area contributed by atoms with E-state index >= 15 is 0 Å². The molecule has 2 rings (SSSR count). The van der Waals surface area contributed by atoms with Gasteiger partial charge in [0.05, 0.1) is 5.56 Å². The van der Waals surface area contributed by atoms with Crippen LogP contribution in [0.3, 0.4) is 0 Å². The number of hydrogen-bond acceptors (Lipinski definition) is 4. The molecule has 1 saturated heterocycles. The van der Waals surface area contributed by atoms with Gasteiger partial charge >= 0.3 is 11.9 Å². The van der Waals surface area contributed by atoms with Crippen molar-refractivity contribution in [2.75, 3.05) is 0 Å². The molecule has 1 fully saturated rings. The number of nitrogens with one attached hydrogen (secondary N) is 1. The van der Waals surface area contributed by atoms with Crippen LogP contribution in [0.4, 0.5) is 0 Å². The molecule has 0 bridgehead atoms. The van der Waals surface area contributed by atoms with Crippen LogP contribution >= 0.6 is 0 Å². The van der Waals surface area contributed by atoms with Crippen molar-refractivity contribution in [1.29, 1.82) is 0 Å². The third-order valence-electron chi connectivity index (χ3n) is 2.25. The Balaban J connectivity index is 2.51. The highest BCUT2D eigenvalue weighted by atomic mass is 16.7. The Kier molecular flexibility index (Phi) is 2.32. The fourth-order valence-electron chi connectivity index (χ4n) is 1.54. The van der Waals surface area contributed by atoms with Crippen molar-refractivity contribution in [3.8, 4) is 0 Å². The van der Waals surface area contributed by atoms with Gasteiger partial charge in [0.25, 0.3) is 5.91 Å². The average Bonchev–Trinajstić information content (AvgIpc) is 2.58. The fraction of sp³-hybridized carbons (Fsp3) is 0.100. The lowest BCUT2D eigenvalue weighted by Gasteiger charge is -2.06. The number of amides is 1. The topological polar surface area (TPSA) is 92.7 Å². The molecule has 1 aliphatic heterocycles. The minimum absolute atomic E-state index is 0.0819. The van der Waals surface area contributed by atoms with Gasteiger partial charge in [-0.1, -0.05) is 18.2 Å². The van der Waals surface area contributed by atoms with Crippen LogP contribution in [-0.2, 0) is 14.4 Å². The molecule has 16 heavy (non-hydrogen) atoms. The van der Waals surface area contributed by atoms with Gasteiger partial charge in [0.1, 0.15) is 0 Å². The monoisotopic (exact) mass is 221 g/mol. The van der Waals surface area contributed by atoms with Crippen LogP contribution in [0.2, 0.25) is 0 Å². The second kappa shape index (κ2) is 3.65. The molecule has 82 valence electrons. The first-order valence-corrected chi connectivity index (χ1v) is 4.44. The minimum Gasteiger partial charge on any atom is -0.478 e. The first-order valence-electron chi connectivity index (χ1n) is 4.44. The summed E-state index contributed by atoms with van der Waals surface area (Å²) in [6.07, 6.45) is 0. The Morgan fingerprint density at radius 3 is 2.56 bits per heavy atom. The smallest absolute Gasteiger partial charge is 0.349 e. The molecule has 1 heterocycles. The number of carbonyl (C=O) groups excluding carboxylic acids is 2. The second-order valence-corrected chi connectivity index (χ2v) is 3.21. The summed E-state index contributed by atoms with van der Waals surface area (Å²) < 4.78 is 0. The van der Waals surface area contributed by atoms with E-state index in [1.807, 2.05) is 5.48 Å². The molecule has 0 radical (unpaired) electrons. The molecule has 1 aromatic rings. The van der Waals surface area contributed by atoms with E-state index in [9.17, 15) is 14.4 Å². The van der Waals surface area contributed by atoms with E-state index < -0.39 is 23.8 Å². The molecule has 1 unspecified atom stereocenters. The van der Waals surface area contributed by atoms with Gasteiger partial charge < -0.3 is 9.94 Å². The molecule has 2 N–H and O–H groups in total. The number of carboxylic acid groups (broad SMARTS) is 1. The Hall–Kier alpha value is -2.37. The van der Waals surface area contributed by atoms with Crippen molar-refractivity contribution in [2.24, 2.45) is 0 Å². The Morgan fingerprint density at radius 2 is 2.00 bits per heavy atom. The van der Waals surface area contributed by atoms with E-state index in [1.165, 1.54) is 18.2 Å². The quantitative estimate of drug-likeness (QED) is 0.688. The zero-order chi connectivity index (χ0) is 11.7. The van der Waals surface area contributed by atoms with Crippen LogP contribution in [0, 0.1) is 0 Å². The molecule has 6 nitrogen and oxygen atoms in total. The van der Waals surface area contributed by atoms with Crippen LogP contribution in [-0.4, -0.2) is 23.0 Å². The van der Waals surface area contributed by atoms with Crippen molar-refractivity contribution in [3.63, 3.8) is 0 Å². The van der Waals surface area contributed by atoms with Gasteiger partial charge in [0.2, 0.25) is 0 Å². The number of hydroxylamine groups is 1. The summed E-state index contributed by atoms with van der Waals surface area (Å²) in [5, 5.41) is 8.91. The van der Waals surface area contributed by atoms with Gasteiger partial charge in [-0.15, -0.1) is 0 Å². The van der Waals surface area contributed by atoms with E-state index in [0.717, 1.165) is 0 Å². The zero-order valence-electron chi connectivity index (χ0n) is 7.97. The predicted molar refractivity (Wildman–Crippen MR) is 50.4 cm³/mol. The largest absolute Gasteiger partial charge is 0.478 e. The van der Waals surface area contributed by atoms with Crippen LogP contribution in [0.5, 0.6) is 0 Å². The van der Waals surface area contributed by atoms with E-state index in [4.69, 9.17) is 5.11 Å². The number of benzene rings is 1. The number of carboxylic acids is 1. The fourth-order valence-corrected chi connectivity index (χ4v) is 1.54. The van der Waals surface area contributed by atoms with Crippen LogP contribution in [0.25, 0.3) is 0 Å². The summed E-state index contributed by atoms with van der Waals surface area (Å²) in [5.41, 5.74) is 1.95. The van der Waals surface area contributed by atoms with Gasteiger partial charge in [0, 0.05) is 0 Å². The zero-order valence-corrected chi connectivity index (χ0v) is 7.97. The summed E-state index contributed by atoms with van der Waals surface area (Å²) >= 11 is 0. The molecular weight excluding hydrogens is 214 g/mol. The Morgan fingerprint density at radius 1 is 1.31 bits per heavy atom. The Bertz CT molecular complexity index is 466. The van der Waals surface area contributed by atoms with Gasteiger partial charge in [0.15, 0.2) is 5.92 Å². The number of hydrogen-bond donors (Lipinski definition) is 2. The van der Waals surface area contributed by atoms with Crippen molar-refractivity contribution in [3.05, 3.63) is 35.4 Å². The Labute approximate surface area is 89.8 Å². The third-order valence-corrected chi connectivity index (χ3v) is 2.25. The average molecular weight is 221 g/mol. The minimum atomic E-state index is -1.20. The molecule has 1 atom stereocenters. The van der Waals surface area contributed by atoms with E-state index in [2.05, 4.69) is 4.84 Å². The van der Waals surface area contributed by atoms with Gasteiger partial charge in [-0.25, -0.2) is 9.59 Å². The molecule has 0 saturated carbocycles. The third kappa shape index (κ3) is 1.50. The number of aromatic carboxylic acids is 1. The van der Waals surface area contributed by atoms with Crippen molar-refractivity contribution < 1.29 is 24.3 Å². The summed E-state index contributed by atoms with van der Waals surface area (Å²) in [6.45, 7) is 0. The number of carbonyl (C=O) groups is 3. The van der Waals surface area contributed by atoms with Gasteiger partial charge in [-0.05, 0) is 11.6 Å². The van der Waals surface area contributed by atoms with Crippen LogP contribution < -0.4 is 5.48 Å². The number of rotatable bonds is 2. The molecule has 1 aromatic carbocycles. The standard InChI is InChI=1S/C10H7NO5/c12-8-7(10(15)16-11-8)5-3-1-2-4-6(5)9(13)14/h1-4,7H,(H,11,12)(H,13,14).